The lowest BCUT2D eigenvalue weighted by Crippen LogP contribution is -2.44. The summed E-state index contributed by atoms with van der Waals surface area (Å²) in [6, 6.07) is 4.39. The molecule has 0 saturated carbocycles. The topological polar surface area (TPSA) is 44.4 Å². The van der Waals surface area contributed by atoms with Gasteiger partial charge in [-0.2, -0.15) is 0 Å². The summed E-state index contributed by atoms with van der Waals surface area (Å²) in [5, 5.41) is 8.30. The van der Waals surface area contributed by atoms with Gasteiger partial charge in [-0.25, -0.2) is 0 Å². The molecule has 1 amide bonds. The largest absolute Gasteiger partial charge is 0.353 e. The summed E-state index contributed by atoms with van der Waals surface area (Å²) >= 11 is 3.50. The standard InChI is InChI=1S/C12H19N3OS2/c1-15(2)10(11-4-3-5-18-11)6-13-12(16)9-7-17-8-14-9/h3-5,9-10,14H,6-8H2,1-2H3,(H,13,16). The van der Waals surface area contributed by atoms with Crippen LogP contribution in [0, 0.1) is 0 Å². The number of carbonyl (C=O) groups excluding carboxylic acids is 1. The fraction of sp³-hybridized carbons (Fsp3) is 0.583. The van der Waals surface area contributed by atoms with E-state index in [1.165, 1.54) is 4.88 Å². The molecule has 2 rings (SSSR count). The lowest BCUT2D eigenvalue weighted by molar-refractivity contribution is -0.122. The number of likely N-dealkylation sites (N-methyl/N-ethyl adjacent to an activating group) is 1. The monoisotopic (exact) mass is 285 g/mol. The summed E-state index contributed by atoms with van der Waals surface area (Å²) in [4.78, 5) is 15.4. The van der Waals surface area contributed by atoms with E-state index in [2.05, 4.69) is 27.0 Å². The molecule has 0 radical (unpaired) electrons. The zero-order chi connectivity index (χ0) is 13.0. The van der Waals surface area contributed by atoms with E-state index in [1.807, 2.05) is 20.2 Å². The van der Waals surface area contributed by atoms with Gasteiger partial charge in [0.05, 0.1) is 12.1 Å². The second-order valence-electron chi connectivity index (χ2n) is 4.51. The number of rotatable bonds is 5. The third-order valence-corrected chi connectivity index (χ3v) is 4.91. The summed E-state index contributed by atoms with van der Waals surface area (Å²) in [5.41, 5.74) is 0. The Labute approximate surface area is 116 Å². The molecule has 2 heterocycles. The molecule has 0 aliphatic carbocycles. The molecular weight excluding hydrogens is 266 g/mol. The van der Waals surface area contributed by atoms with Crippen LogP contribution in [0.4, 0.5) is 0 Å². The molecule has 0 aromatic carbocycles. The summed E-state index contributed by atoms with van der Waals surface area (Å²) in [7, 11) is 4.08. The number of amides is 1. The molecule has 2 atom stereocenters. The van der Waals surface area contributed by atoms with Crippen LogP contribution >= 0.6 is 23.1 Å². The molecule has 100 valence electrons. The van der Waals surface area contributed by atoms with Crippen LogP contribution < -0.4 is 10.6 Å². The van der Waals surface area contributed by atoms with Crippen molar-refractivity contribution < 1.29 is 4.79 Å². The number of hydrogen-bond donors (Lipinski definition) is 2. The number of thioether (sulfide) groups is 1. The zero-order valence-corrected chi connectivity index (χ0v) is 12.3. The molecule has 4 nitrogen and oxygen atoms in total. The molecule has 1 aliphatic heterocycles. The van der Waals surface area contributed by atoms with Gasteiger partial charge in [-0.1, -0.05) is 6.07 Å². The van der Waals surface area contributed by atoms with E-state index in [-0.39, 0.29) is 18.0 Å². The Morgan fingerprint density at radius 2 is 2.50 bits per heavy atom. The van der Waals surface area contributed by atoms with Crippen molar-refractivity contribution in [1.82, 2.24) is 15.5 Å². The van der Waals surface area contributed by atoms with Gasteiger partial charge in [0, 0.05) is 23.1 Å². The highest BCUT2D eigenvalue weighted by Gasteiger charge is 2.24. The Kier molecular flexibility index (Phi) is 5.05. The fourth-order valence-electron chi connectivity index (χ4n) is 1.90. The molecular formula is C12H19N3OS2. The Hall–Kier alpha value is -0.560. The lowest BCUT2D eigenvalue weighted by Gasteiger charge is -2.24. The van der Waals surface area contributed by atoms with Crippen LogP contribution in [0.3, 0.4) is 0 Å². The van der Waals surface area contributed by atoms with E-state index in [0.29, 0.717) is 6.54 Å². The molecule has 1 saturated heterocycles. The summed E-state index contributed by atoms with van der Waals surface area (Å²) < 4.78 is 0. The SMILES string of the molecule is CN(C)C(CNC(=O)C1CSCN1)c1cccs1. The maximum absolute atomic E-state index is 11.9. The first-order valence-electron chi connectivity index (χ1n) is 5.97. The minimum absolute atomic E-state index is 0.0267. The van der Waals surface area contributed by atoms with E-state index in [0.717, 1.165) is 11.6 Å². The van der Waals surface area contributed by atoms with Crippen LogP contribution in [-0.2, 0) is 4.79 Å². The number of carbonyl (C=O) groups is 1. The van der Waals surface area contributed by atoms with Crippen LogP contribution in [0.2, 0.25) is 0 Å². The van der Waals surface area contributed by atoms with Crippen molar-refractivity contribution in [3.63, 3.8) is 0 Å². The van der Waals surface area contributed by atoms with Gasteiger partial charge in [-0.05, 0) is 25.5 Å². The number of nitrogens with zero attached hydrogens (tertiary/aromatic N) is 1. The number of hydrogen-bond acceptors (Lipinski definition) is 5. The minimum atomic E-state index is -0.0267. The normalized spacial score (nSPS) is 21.2. The van der Waals surface area contributed by atoms with Crippen LogP contribution in [0.15, 0.2) is 17.5 Å². The molecule has 2 unspecified atom stereocenters. The molecule has 1 aliphatic rings. The molecule has 1 aromatic rings. The van der Waals surface area contributed by atoms with Gasteiger partial charge in [0.2, 0.25) is 5.91 Å². The molecule has 1 aromatic heterocycles. The summed E-state index contributed by atoms with van der Waals surface area (Å²) in [5.74, 6) is 1.86. The van der Waals surface area contributed by atoms with Gasteiger partial charge in [-0.3, -0.25) is 10.1 Å². The molecule has 18 heavy (non-hydrogen) atoms. The maximum Gasteiger partial charge on any atom is 0.238 e. The highest BCUT2D eigenvalue weighted by molar-refractivity contribution is 7.99. The third-order valence-electron chi connectivity index (χ3n) is 3.00. The second kappa shape index (κ2) is 6.56. The first-order valence-corrected chi connectivity index (χ1v) is 8.00. The smallest absolute Gasteiger partial charge is 0.238 e. The average molecular weight is 285 g/mol. The quantitative estimate of drug-likeness (QED) is 0.851. The van der Waals surface area contributed by atoms with Crippen molar-refractivity contribution in [3.05, 3.63) is 22.4 Å². The Bertz CT molecular complexity index is 375. The lowest BCUT2D eigenvalue weighted by atomic mass is 10.2. The molecule has 6 heteroatoms. The third kappa shape index (κ3) is 3.47. The maximum atomic E-state index is 11.9. The highest BCUT2D eigenvalue weighted by atomic mass is 32.2. The van der Waals surface area contributed by atoms with E-state index >= 15 is 0 Å². The van der Waals surface area contributed by atoms with Crippen LogP contribution in [0.1, 0.15) is 10.9 Å². The van der Waals surface area contributed by atoms with Gasteiger partial charge < -0.3 is 10.2 Å². The number of thiophene rings is 1. The first-order chi connectivity index (χ1) is 8.68. The van der Waals surface area contributed by atoms with E-state index < -0.39 is 0 Å². The van der Waals surface area contributed by atoms with Gasteiger partial charge in [-0.15, -0.1) is 23.1 Å². The Balaban J connectivity index is 1.88. The molecule has 0 spiro atoms. The summed E-state index contributed by atoms with van der Waals surface area (Å²) in [6.07, 6.45) is 0. The Morgan fingerprint density at radius 1 is 1.67 bits per heavy atom. The first kappa shape index (κ1) is 13.9. The van der Waals surface area contributed by atoms with Gasteiger partial charge in [0.1, 0.15) is 0 Å². The van der Waals surface area contributed by atoms with Crippen molar-refractivity contribution in [1.29, 1.82) is 0 Å². The van der Waals surface area contributed by atoms with Crippen molar-refractivity contribution in [3.8, 4) is 0 Å². The number of nitrogens with one attached hydrogen (secondary N) is 2. The van der Waals surface area contributed by atoms with Crippen molar-refractivity contribution in [2.75, 3.05) is 32.3 Å². The van der Waals surface area contributed by atoms with Crippen LogP contribution in [-0.4, -0.2) is 49.1 Å². The van der Waals surface area contributed by atoms with E-state index in [9.17, 15) is 4.79 Å². The average Bonchev–Trinajstić information content (AvgIpc) is 3.01. The van der Waals surface area contributed by atoms with E-state index in [4.69, 9.17) is 0 Å². The zero-order valence-electron chi connectivity index (χ0n) is 10.7. The van der Waals surface area contributed by atoms with Crippen molar-refractivity contribution >= 4 is 29.0 Å². The van der Waals surface area contributed by atoms with Crippen LogP contribution in [0.5, 0.6) is 0 Å². The predicted octanol–water partition coefficient (Wildman–Crippen LogP) is 1.13. The summed E-state index contributed by atoms with van der Waals surface area (Å²) in [6.45, 7) is 0.662. The minimum Gasteiger partial charge on any atom is -0.353 e. The van der Waals surface area contributed by atoms with Gasteiger partial charge >= 0.3 is 0 Å². The van der Waals surface area contributed by atoms with Crippen molar-refractivity contribution in [2.24, 2.45) is 0 Å². The fourth-order valence-corrected chi connectivity index (χ4v) is 3.77. The molecule has 0 bridgehead atoms. The van der Waals surface area contributed by atoms with Gasteiger partial charge in [0.25, 0.3) is 0 Å². The molecule has 1 fully saturated rings. The molecule has 2 N–H and O–H groups in total. The van der Waals surface area contributed by atoms with Crippen LogP contribution in [0.25, 0.3) is 0 Å². The Morgan fingerprint density at radius 3 is 3.06 bits per heavy atom. The second-order valence-corrected chi connectivity index (χ2v) is 6.52. The van der Waals surface area contributed by atoms with Crippen molar-refractivity contribution in [2.45, 2.75) is 12.1 Å². The van der Waals surface area contributed by atoms with Gasteiger partial charge in [0.15, 0.2) is 0 Å². The predicted molar refractivity (Wildman–Crippen MR) is 78.0 cm³/mol. The highest BCUT2D eigenvalue weighted by Crippen LogP contribution is 2.22. The van der Waals surface area contributed by atoms with E-state index in [1.54, 1.807) is 23.1 Å².